The molecule has 0 fully saturated rings. The molecule has 2 nitrogen and oxygen atoms in total. The van der Waals surface area contributed by atoms with Gasteiger partial charge in [-0.15, -0.1) is 0 Å². The van der Waals surface area contributed by atoms with Gasteiger partial charge < -0.3 is 10.4 Å². The quantitative estimate of drug-likeness (QED) is 0.776. The summed E-state index contributed by atoms with van der Waals surface area (Å²) in [6.07, 6.45) is 1.08. The van der Waals surface area contributed by atoms with E-state index in [1.54, 1.807) is 0 Å². The molecule has 2 N–H and O–H groups in total. The molecule has 0 aromatic heterocycles. The summed E-state index contributed by atoms with van der Waals surface area (Å²) in [6, 6.07) is 9.07. The molecule has 84 valence electrons. The van der Waals surface area contributed by atoms with E-state index in [0.717, 1.165) is 6.42 Å². The summed E-state index contributed by atoms with van der Waals surface area (Å²) in [4.78, 5) is 0. The van der Waals surface area contributed by atoms with Crippen LogP contribution < -0.4 is 5.32 Å². The number of aryl methyl sites for hydroxylation is 1. The molecule has 1 rings (SSSR count). The Kier molecular flexibility index (Phi) is 4.79. The van der Waals surface area contributed by atoms with Crippen LogP contribution in [0.4, 0.5) is 0 Å². The average Bonchev–Trinajstić information content (AvgIpc) is 2.29. The summed E-state index contributed by atoms with van der Waals surface area (Å²) in [7, 11) is 0. The van der Waals surface area contributed by atoms with E-state index in [4.69, 9.17) is 5.11 Å². The van der Waals surface area contributed by atoms with Gasteiger partial charge in [-0.05, 0) is 31.4 Å². The molecule has 0 aliphatic rings. The second kappa shape index (κ2) is 5.89. The van der Waals surface area contributed by atoms with E-state index in [1.807, 2.05) is 6.92 Å². The van der Waals surface area contributed by atoms with Crippen LogP contribution in [0.5, 0.6) is 0 Å². The first kappa shape index (κ1) is 12.2. The summed E-state index contributed by atoms with van der Waals surface area (Å²) in [6.45, 7) is 6.44. The molecule has 2 heteroatoms. The van der Waals surface area contributed by atoms with Crippen LogP contribution in [0.25, 0.3) is 0 Å². The molecule has 0 bridgehead atoms. The minimum absolute atomic E-state index is 0.144. The van der Waals surface area contributed by atoms with Gasteiger partial charge in [0, 0.05) is 12.1 Å². The molecular weight excluding hydrogens is 186 g/mol. The summed E-state index contributed by atoms with van der Waals surface area (Å²) >= 11 is 0. The van der Waals surface area contributed by atoms with Crippen LogP contribution in [0.15, 0.2) is 24.3 Å². The van der Waals surface area contributed by atoms with Crippen molar-refractivity contribution in [2.24, 2.45) is 0 Å². The number of aliphatic hydroxyl groups is 1. The van der Waals surface area contributed by atoms with Crippen molar-refractivity contribution in [1.29, 1.82) is 0 Å². The van der Waals surface area contributed by atoms with Gasteiger partial charge in [-0.25, -0.2) is 0 Å². The molecule has 2 atom stereocenters. The van der Waals surface area contributed by atoms with Gasteiger partial charge in [0.25, 0.3) is 0 Å². The Bertz CT molecular complexity index is 281. The fourth-order valence-electron chi connectivity index (χ4n) is 1.62. The zero-order chi connectivity index (χ0) is 11.3. The van der Waals surface area contributed by atoms with Gasteiger partial charge in [0.2, 0.25) is 0 Å². The van der Waals surface area contributed by atoms with Crippen LogP contribution in [0.2, 0.25) is 0 Å². The highest BCUT2D eigenvalue weighted by molar-refractivity contribution is 5.24. The monoisotopic (exact) mass is 207 g/mol. The third kappa shape index (κ3) is 3.65. The van der Waals surface area contributed by atoms with Gasteiger partial charge in [-0.3, -0.25) is 0 Å². The molecule has 0 saturated carbocycles. The van der Waals surface area contributed by atoms with E-state index in [2.05, 4.69) is 43.4 Å². The number of hydrogen-bond acceptors (Lipinski definition) is 2. The van der Waals surface area contributed by atoms with Crippen molar-refractivity contribution >= 4 is 0 Å². The van der Waals surface area contributed by atoms with Gasteiger partial charge in [0.05, 0.1) is 6.61 Å². The second-order valence-electron chi connectivity index (χ2n) is 4.07. The Morgan fingerprint density at radius 1 is 1.20 bits per heavy atom. The lowest BCUT2D eigenvalue weighted by Gasteiger charge is -2.18. The highest BCUT2D eigenvalue weighted by Crippen LogP contribution is 2.14. The minimum atomic E-state index is 0.144. The van der Waals surface area contributed by atoms with Gasteiger partial charge in [-0.2, -0.15) is 0 Å². The van der Waals surface area contributed by atoms with Crippen molar-refractivity contribution in [2.45, 2.75) is 39.3 Å². The summed E-state index contributed by atoms with van der Waals surface area (Å²) < 4.78 is 0. The standard InChI is InChI=1S/C13H21NO/c1-4-12-5-7-13(8-6-12)11(3)14-10(2)9-15/h5-8,10-11,14-15H,4,9H2,1-3H3/t10-,11+/m1/s1. The van der Waals surface area contributed by atoms with Crippen molar-refractivity contribution in [2.75, 3.05) is 6.61 Å². The van der Waals surface area contributed by atoms with Crippen molar-refractivity contribution in [3.8, 4) is 0 Å². The summed E-state index contributed by atoms with van der Waals surface area (Å²) in [5.74, 6) is 0. The molecular formula is C13H21NO. The second-order valence-corrected chi connectivity index (χ2v) is 4.07. The first-order chi connectivity index (χ1) is 7.17. The first-order valence-electron chi connectivity index (χ1n) is 5.63. The maximum absolute atomic E-state index is 8.95. The maximum atomic E-state index is 8.95. The Balaban J connectivity index is 2.61. The van der Waals surface area contributed by atoms with Crippen LogP contribution in [0.1, 0.15) is 37.9 Å². The van der Waals surface area contributed by atoms with Crippen molar-refractivity contribution < 1.29 is 5.11 Å². The van der Waals surface area contributed by atoms with Gasteiger partial charge >= 0.3 is 0 Å². The number of benzene rings is 1. The Morgan fingerprint density at radius 3 is 2.27 bits per heavy atom. The lowest BCUT2D eigenvalue weighted by atomic mass is 10.0. The Labute approximate surface area is 92.3 Å². The van der Waals surface area contributed by atoms with E-state index >= 15 is 0 Å². The lowest BCUT2D eigenvalue weighted by molar-refractivity contribution is 0.243. The molecule has 15 heavy (non-hydrogen) atoms. The van der Waals surface area contributed by atoms with Crippen LogP contribution in [-0.4, -0.2) is 17.8 Å². The predicted octanol–water partition coefficient (Wildman–Crippen LogP) is 2.28. The fourth-order valence-corrected chi connectivity index (χ4v) is 1.62. The highest BCUT2D eigenvalue weighted by atomic mass is 16.3. The van der Waals surface area contributed by atoms with Crippen LogP contribution in [0, 0.1) is 0 Å². The van der Waals surface area contributed by atoms with Crippen molar-refractivity contribution in [3.05, 3.63) is 35.4 Å². The van der Waals surface area contributed by atoms with Crippen LogP contribution in [0.3, 0.4) is 0 Å². The molecule has 0 amide bonds. The maximum Gasteiger partial charge on any atom is 0.0582 e. The first-order valence-corrected chi connectivity index (χ1v) is 5.63. The third-order valence-corrected chi connectivity index (χ3v) is 2.70. The van der Waals surface area contributed by atoms with E-state index in [9.17, 15) is 0 Å². The number of hydrogen-bond donors (Lipinski definition) is 2. The summed E-state index contributed by atoms with van der Waals surface area (Å²) in [5.41, 5.74) is 2.63. The molecule has 0 saturated heterocycles. The molecule has 0 unspecified atom stereocenters. The van der Waals surface area contributed by atoms with E-state index in [1.165, 1.54) is 11.1 Å². The van der Waals surface area contributed by atoms with Gasteiger partial charge in [0.15, 0.2) is 0 Å². The van der Waals surface area contributed by atoms with E-state index < -0.39 is 0 Å². The predicted molar refractivity (Wildman–Crippen MR) is 63.9 cm³/mol. The lowest BCUT2D eigenvalue weighted by Crippen LogP contribution is -2.31. The number of aliphatic hydroxyl groups excluding tert-OH is 1. The Hall–Kier alpha value is -0.860. The highest BCUT2D eigenvalue weighted by Gasteiger charge is 2.07. The smallest absolute Gasteiger partial charge is 0.0582 e. The average molecular weight is 207 g/mol. The summed E-state index contributed by atoms with van der Waals surface area (Å²) in [5, 5.41) is 12.3. The molecule has 1 aromatic rings. The molecule has 0 aliphatic carbocycles. The van der Waals surface area contributed by atoms with Gasteiger partial charge in [0.1, 0.15) is 0 Å². The van der Waals surface area contributed by atoms with Gasteiger partial charge in [-0.1, -0.05) is 31.2 Å². The normalized spacial score (nSPS) is 14.9. The zero-order valence-electron chi connectivity index (χ0n) is 9.83. The molecule has 1 aromatic carbocycles. The third-order valence-electron chi connectivity index (χ3n) is 2.70. The van der Waals surface area contributed by atoms with E-state index in [-0.39, 0.29) is 18.7 Å². The van der Waals surface area contributed by atoms with Crippen molar-refractivity contribution in [3.63, 3.8) is 0 Å². The van der Waals surface area contributed by atoms with E-state index in [0.29, 0.717) is 0 Å². The molecule has 0 spiro atoms. The number of rotatable bonds is 5. The van der Waals surface area contributed by atoms with Crippen molar-refractivity contribution in [1.82, 2.24) is 5.32 Å². The van der Waals surface area contributed by atoms with Crippen LogP contribution >= 0.6 is 0 Å². The topological polar surface area (TPSA) is 32.3 Å². The Morgan fingerprint density at radius 2 is 1.80 bits per heavy atom. The van der Waals surface area contributed by atoms with Crippen LogP contribution in [-0.2, 0) is 6.42 Å². The SMILES string of the molecule is CCc1ccc([C@H](C)N[C@H](C)CO)cc1. The molecule has 0 heterocycles. The molecule has 0 radical (unpaired) electrons. The molecule has 0 aliphatic heterocycles. The zero-order valence-corrected chi connectivity index (χ0v) is 9.83. The minimum Gasteiger partial charge on any atom is -0.395 e. The number of nitrogens with one attached hydrogen (secondary N) is 1. The fraction of sp³-hybridized carbons (Fsp3) is 0.538. The largest absolute Gasteiger partial charge is 0.395 e.